The van der Waals surface area contributed by atoms with E-state index in [1.807, 2.05) is 37.3 Å². The monoisotopic (exact) mass is 345 g/mol. The minimum absolute atomic E-state index is 0.258. The van der Waals surface area contributed by atoms with Crippen molar-refractivity contribution in [2.45, 2.75) is 26.0 Å². The molecule has 1 N–H and O–H groups in total. The second kappa shape index (κ2) is 6.53. The highest BCUT2D eigenvalue weighted by Crippen LogP contribution is 2.37. The molecule has 1 atom stereocenters. The van der Waals surface area contributed by atoms with Crippen LogP contribution < -0.4 is 9.64 Å². The summed E-state index contributed by atoms with van der Waals surface area (Å²) in [6, 6.07) is 12.7. The molecule has 0 saturated carbocycles. The van der Waals surface area contributed by atoms with Gasteiger partial charge in [0.1, 0.15) is 5.75 Å². The van der Waals surface area contributed by atoms with Crippen molar-refractivity contribution in [2.24, 2.45) is 0 Å². The Bertz CT molecular complexity index is 805. The summed E-state index contributed by atoms with van der Waals surface area (Å²) in [7, 11) is 0. The highest BCUT2D eigenvalue weighted by molar-refractivity contribution is 6.31. The number of carbonyl (C=O) groups excluding carboxylic acids is 1. The molecule has 0 bridgehead atoms. The number of rotatable bonds is 4. The molecule has 3 rings (SSSR count). The summed E-state index contributed by atoms with van der Waals surface area (Å²) in [6.45, 7) is 2.18. The number of benzene rings is 2. The topological polar surface area (TPSA) is 66.8 Å². The number of halogens is 1. The molecule has 1 heterocycles. The quantitative estimate of drug-likeness (QED) is 0.922. The van der Waals surface area contributed by atoms with Crippen LogP contribution in [0, 0.1) is 6.92 Å². The average Bonchev–Trinajstić information content (AvgIpc) is 2.53. The summed E-state index contributed by atoms with van der Waals surface area (Å²) in [5.74, 6) is -0.962. The van der Waals surface area contributed by atoms with Crippen LogP contribution in [0.4, 0.5) is 5.69 Å². The summed E-state index contributed by atoms with van der Waals surface area (Å²) in [5.41, 5.74) is 2.39. The van der Waals surface area contributed by atoms with E-state index in [1.54, 1.807) is 17.0 Å². The van der Waals surface area contributed by atoms with Gasteiger partial charge in [-0.2, -0.15) is 0 Å². The Morgan fingerprint density at radius 3 is 2.75 bits per heavy atom. The van der Waals surface area contributed by atoms with Gasteiger partial charge in [-0.05, 0) is 36.2 Å². The largest absolute Gasteiger partial charge is 0.481 e. The maximum absolute atomic E-state index is 12.7. The molecular weight excluding hydrogens is 330 g/mol. The van der Waals surface area contributed by atoms with Crippen LogP contribution in [0.5, 0.6) is 5.75 Å². The van der Waals surface area contributed by atoms with Crippen LogP contribution in [-0.4, -0.2) is 23.1 Å². The van der Waals surface area contributed by atoms with Crippen molar-refractivity contribution in [3.8, 4) is 5.75 Å². The normalized spacial score (nSPS) is 16.5. The van der Waals surface area contributed by atoms with Gasteiger partial charge in [-0.25, -0.2) is 0 Å². The van der Waals surface area contributed by atoms with Crippen molar-refractivity contribution < 1.29 is 19.4 Å². The number of aliphatic carboxylic acids is 1. The number of carbonyl (C=O) groups is 2. The highest BCUT2D eigenvalue weighted by Gasteiger charge is 2.36. The third-order valence-electron chi connectivity index (χ3n) is 3.86. The Hall–Kier alpha value is -2.53. The van der Waals surface area contributed by atoms with Gasteiger partial charge in [0.2, 0.25) is 0 Å². The molecule has 1 aliphatic heterocycles. The molecular formula is C18H16ClNO4. The van der Waals surface area contributed by atoms with E-state index in [-0.39, 0.29) is 18.9 Å². The van der Waals surface area contributed by atoms with Crippen LogP contribution in [0.25, 0.3) is 0 Å². The van der Waals surface area contributed by atoms with Crippen molar-refractivity contribution in [3.63, 3.8) is 0 Å². The Kier molecular flexibility index (Phi) is 4.44. The van der Waals surface area contributed by atoms with E-state index in [0.717, 1.165) is 11.1 Å². The first-order chi connectivity index (χ1) is 11.5. The zero-order valence-electron chi connectivity index (χ0n) is 13.0. The number of ether oxygens (including phenoxy) is 1. The molecule has 0 fully saturated rings. The first-order valence-corrected chi connectivity index (χ1v) is 7.87. The van der Waals surface area contributed by atoms with Crippen LogP contribution >= 0.6 is 11.6 Å². The molecule has 0 saturated heterocycles. The number of fused-ring (bicyclic) bond motifs is 1. The lowest BCUT2D eigenvalue weighted by atomic mass is 10.1. The van der Waals surface area contributed by atoms with Gasteiger partial charge in [0.05, 0.1) is 18.7 Å². The van der Waals surface area contributed by atoms with Crippen LogP contribution in [0.3, 0.4) is 0 Å². The lowest BCUT2D eigenvalue weighted by Gasteiger charge is -2.34. The maximum Gasteiger partial charge on any atom is 0.307 e. The molecule has 124 valence electrons. The van der Waals surface area contributed by atoms with E-state index in [4.69, 9.17) is 21.4 Å². The van der Waals surface area contributed by atoms with Gasteiger partial charge in [0.15, 0.2) is 6.10 Å². The van der Waals surface area contributed by atoms with E-state index in [9.17, 15) is 9.59 Å². The van der Waals surface area contributed by atoms with Crippen LogP contribution in [0.15, 0.2) is 42.5 Å². The van der Waals surface area contributed by atoms with Gasteiger partial charge in [-0.3, -0.25) is 9.59 Å². The second-order valence-electron chi connectivity index (χ2n) is 5.69. The molecule has 2 aromatic rings. The minimum atomic E-state index is -1.08. The molecule has 1 amide bonds. The summed E-state index contributed by atoms with van der Waals surface area (Å²) < 4.78 is 5.60. The van der Waals surface area contributed by atoms with Crippen molar-refractivity contribution in [1.82, 2.24) is 0 Å². The number of nitrogens with zero attached hydrogens (tertiary/aromatic N) is 1. The predicted molar refractivity (Wildman–Crippen MR) is 90.5 cm³/mol. The summed E-state index contributed by atoms with van der Waals surface area (Å²) in [6.07, 6.45) is -1.43. The van der Waals surface area contributed by atoms with Crippen molar-refractivity contribution in [3.05, 3.63) is 58.6 Å². The summed E-state index contributed by atoms with van der Waals surface area (Å²) >= 11 is 6.21. The highest BCUT2D eigenvalue weighted by atomic mass is 35.5. The molecule has 5 nitrogen and oxygen atoms in total. The first kappa shape index (κ1) is 16.3. The SMILES string of the molecule is Cc1ccc2c(c1)N(Cc1ccccc1Cl)C(=O)C(CC(=O)O)O2. The second-order valence-corrected chi connectivity index (χ2v) is 6.10. The number of hydrogen-bond acceptors (Lipinski definition) is 3. The molecule has 1 unspecified atom stereocenters. The molecule has 0 aromatic heterocycles. The van der Waals surface area contributed by atoms with Crippen LogP contribution in [0.1, 0.15) is 17.5 Å². The van der Waals surface area contributed by atoms with E-state index < -0.39 is 12.1 Å². The third-order valence-corrected chi connectivity index (χ3v) is 4.23. The van der Waals surface area contributed by atoms with Gasteiger partial charge < -0.3 is 14.7 Å². The summed E-state index contributed by atoms with van der Waals surface area (Å²) in [5, 5.41) is 9.58. The Balaban J connectivity index is 2.01. The van der Waals surface area contributed by atoms with Gasteiger partial charge in [0.25, 0.3) is 5.91 Å². The first-order valence-electron chi connectivity index (χ1n) is 7.49. The van der Waals surface area contributed by atoms with Gasteiger partial charge in [-0.1, -0.05) is 35.9 Å². The molecule has 6 heteroatoms. The van der Waals surface area contributed by atoms with Crippen LogP contribution in [-0.2, 0) is 16.1 Å². The molecule has 0 spiro atoms. The van der Waals surface area contributed by atoms with Crippen molar-refractivity contribution in [1.29, 1.82) is 0 Å². The number of amides is 1. The zero-order valence-corrected chi connectivity index (χ0v) is 13.8. The Morgan fingerprint density at radius 1 is 1.29 bits per heavy atom. The van der Waals surface area contributed by atoms with Crippen molar-refractivity contribution in [2.75, 3.05) is 4.90 Å². The maximum atomic E-state index is 12.7. The van der Waals surface area contributed by atoms with E-state index >= 15 is 0 Å². The molecule has 0 radical (unpaired) electrons. The van der Waals surface area contributed by atoms with Crippen LogP contribution in [0.2, 0.25) is 5.02 Å². The van der Waals surface area contributed by atoms with Crippen molar-refractivity contribution >= 4 is 29.2 Å². The lowest BCUT2D eigenvalue weighted by molar-refractivity contribution is -0.142. The van der Waals surface area contributed by atoms with E-state index in [0.29, 0.717) is 16.5 Å². The van der Waals surface area contributed by atoms with E-state index in [2.05, 4.69) is 0 Å². The standard InChI is InChI=1S/C18H16ClNO4/c1-11-6-7-15-14(8-11)20(10-12-4-2-3-5-13(12)19)18(23)16(24-15)9-17(21)22/h2-8,16H,9-10H2,1H3,(H,21,22). The summed E-state index contributed by atoms with van der Waals surface area (Å²) in [4.78, 5) is 25.3. The zero-order chi connectivity index (χ0) is 17.3. The lowest BCUT2D eigenvalue weighted by Crippen LogP contribution is -2.46. The van der Waals surface area contributed by atoms with E-state index in [1.165, 1.54) is 0 Å². The third kappa shape index (κ3) is 3.21. The molecule has 1 aliphatic rings. The number of hydrogen-bond donors (Lipinski definition) is 1. The fourth-order valence-corrected chi connectivity index (χ4v) is 2.88. The average molecular weight is 346 g/mol. The fourth-order valence-electron chi connectivity index (χ4n) is 2.68. The Morgan fingerprint density at radius 2 is 2.04 bits per heavy atom. The molecule has 0 aliphatic carbocycles. The fraction of sp³-hybridized carbons (Fsp3) is 0.222. The smallest absolute Gasteiger partial charge is 0.307 e. The number of aryl methyl sites for hydroxylation is 1. The molecule has 2 aromatic carbocycles. The van der Waals surface area contributed by atoms with Gasteiger partial charge >= 0.3 is 5.97 Å². The molecule has 24 heavy (non-hydrogen) atoms. The van der Waals surface area contributed by atoms with Gasteiger partial charge in [0, 0.05) is 5.02 Å². The number of carboxylic acid groups (broad SMARTS) is 1. The minimum Gasteiger partial charge on any atom is -0.481 e. The number of carboxylic acids is 1. The van der Waals surface area contributed by atoms with Gasteiger partial charge in [-0.15, -0.1) is 0 Å². The predicted octanol–water partition coefficient (Wildman–Crippen LogP) is 3.42. The Labute approximate surface area is 144 Å². The number of anilines is 1.